The zero-order valence-electron chi connectivity index (χ0n) is 8.48. The summed E-state index contributed by atoms with van der Waals surface area (Å²) in [7, 11) is 0. The number of rotatable bonds is 3. The average molecular weight is 208 g/mol. The van der Waals surface area contributed by atoms with Crippen LogP contribution >= 0.6 is 0 Å². The fourth-order valence-electron chi connectivity index (χ4n) is 1.83. The molecule has 5 nitrogen and oxygen atoms in total. The Balaban J connectivity index is 1.94. The number of aromatic nitrogens is 1. The van der Waals surface area contributed by atoms with Crippen molar-refractivity contribution in [1.82, 2.24) is 9.88 Å². The second-order valence-electron chi connectivity index (χ2n) is 3.78. The first kappa shape index (κ1) is 10.2. The summed E-state index contributed by atoms with van der Waals surface area (Å²) >= 11 is 0. The lowest BCUT2D eigenvalue weighted by atomic mass is 10.1. The molecule has 1 radical (unpaired) electrons. The average Bonchev–Trinajstić information content (AvgIpc) is 2.68. The van der Waals surface area contributed by atoms with Crippen molar-refractivity contribution in [2.45, 2.75) is 19.3 Å². The van der Waals surface area contributed by atoms with Crippen molar-refractivity contribution in [3.63, 3.8) is 0 Å². The first-order valence-electron chi connectivity index (χ1n) is 5.18. The summed E-state index contributed by atoms with van der Waals surface area (Å²) in [6, 6.07) is 3.24. The second kappa shape index (κ2) is 4.44. The van der Waals surface area contributed by atoms with Crippen LogP contribution in [0.1, 0.15) is 25.0 Å². The van der Waals surface area contributed by atoms with Gasteiger partial charge in [0, 0.05) is 6.07 Å². The van der Waals surface area contributed by atoms with Crippen molar-refractivity contribution in [2.24, 2.45) is 0 Å². The molecule has 0 unspecified atom stereocenters. The zero-order chi connectivity index (χ0) is 10.7. The molecule has 0 spiro atoms. The van der Waals surface area contributed by atoms with Crippen LogP contribution in [-0.2, 0) is 0 Å². The van der Waals surface area contributed by atoms with Gasteiger partial charge in [-0.15, -0.1) is 0 Å². The van der Waals surface area contributed by atoms with Crippen molar-refractivity contribution in [3.8, 4) is 0 Å². The Labute approximate surface area is 88.2 Å². The minimum Gasteiger partial charge on any atom is -0.358 e. The largest absolute Gasteiger partial charge is 0.358 e. The lowest BCUT2D eigenvalue weighted by molar-refractivity contribution is -0.389. The monoisotopic (exact) mass is 208 g/mol. The van der Waals surface area contributed by atoms with Crippen LogP contribution in [0.2, 0.25) is 0 Å². The molecule has 1 aromatic rings. The summed E-state index contributed by atoms with van der Waals surface area (Å²) < 4.78 is 0. The van der Waals surface area contributed by atoms with Crippen LogP contribution in [0.3, 0.4) is 0 Å². The number of hydrogen-bond donors (Lipinski definition) is 1. The minimum absolute atomic E-state index is 0.0539. The molecule has 5 heteroatoms. The molecule has 1 aliphatic heterocycles. The molecule has 1 aliphatic rings. The number of H-pyrrole nitrogens is 1. The zero-order valence-corrected chi connectivity index (χ0v) is 8.48. The highest BCUT2D eigenvalue weighted by Crippen LogP contribution is 2.16. The first-order valence-corrected chi connectivity index (χ1v) is 5.18. The van der Waals surface area contributed by atoms with E-state index >= 15 is 0 Å². The molecule has 1 aromatic heterocycles. The van der Waals surface area contributed by atoms with E-state index in [1.165, 1.54) is 25.3 Å². The minimum atomic E-state index is -0.409. The molecule has 1 saturated heterocycles. The molecule has 0 atom stereocenters. The standard InChI is InChI=1S/C10H14N3O2/c14-13(15)10-5-4-9(11-10)8-12-6-2-1-3-7-12/h4-5,8,11H,1-3,6-7H2. The normalized spacial score (nSPS) is 17.9. The third kappa shape index (κ3) is 2.56. The van der Waals surface area contributed by atoms with Crippen molar-refractivity contribution in [3.05, 3.63) is 34.5 Å². The quantitative estimate of drug-likeness (QED) is 0.609. The predicted molar refractivity (Wildman–Crippen MR) is 56.3 cm³/mol. The van der Waals surface area contributed by atoms with E-state index in [9.17, 15) is 10.1 Å². The van der Waals surface area contributed by atoms with Crippen LogP contribution < -0.4 is 0 Å². The highest BCUT2D eigenvalue weighted by molar-refractivity contribution is 5.27. The van der Waals surface area contributed by atoms with Crippen LogP contribution in [0.15, 0.2) is 12.1 Å². The smallest absolute Gasteiger partial charge is 0.321 e. The van der Waals surface area contributed by atoms with Crippen LogP contribution in [0, 0.1) is 16.7 Å². The summed E-state index contributed by atoms with van der Waals surface area (Å²) in [6.07, 6.45) is 3.70. The van der Waals surface area contributed by atoms with Crippen LogP contribution in [-0.4, -0.2) is 27.9 Å². The van der Waals surface area contributed by atoms with E-state index in [0.717, 1.165) is 18.8 Å². The van der Waals surface area contributed by atoms with E-state index in [1.54, 1.807) is 6.07 Å². The molecule has 0 bridgehead atoms. The van der Waals surface area contributed by atoms with Gasteiger partial charge in [0.05, 0.1) is 6.54 Å². The molecule has 2 heterocycles. The Morgan fingerprint density at radius 3 is 2.67 bits per heavy atom. The van der Waals surface area contributed by atoms with Gasteiger partial charge in [-0.25, -0.2) is 4.98 Å². The molecular weight excluding hydrogens is 194 g/mol. The highest BCUT2D eigenvalue weighted by Gasteiger charge is 2.15. The van der Waals surface area contributed by atoms with Crippen molar-refractivity contribution in [1.29, 1.82) is 0 Å². The molecule has 0 saturated carbocycles. The third-order valence-corrected chi connectivity index (χ3v) is 2.60. The summed E-state index contributed by atoms with van der Waals surface area (Å²) in [5.74, 6) is 0.0539. The van der Waals surface area contributed by atoms with Gasteiger partial charge in [0.25, 0.3) is 0 Å². The maximum Gasteiger partial charge on any atom is 0.321 e. The number of piperidine rings is 1. The molecule has 1 fully saturated rings. The van der Waals surface area contributed by atoms with Crippen molar-refractivity contribution in [2.75, 3.05) is 13.1 Å². The molecule has 0 aliphatic carbocycles. The van der Waals surface area contributed by atoms with E-state index in [1.807, 2.05) is 6.54 Å². The molecular formula is C10H14N3O2. The lowest BCUT2D eigenvalue weighted by Gasteiger charge is -2.24. The number of aromatic amines is 1. The molecule has 15 heavy (non-hydrogen) atoms. The topological polar surface area (TPSA) is 62.2 Å². The Bertz CT molecular complexity index is 342. The van der Waals surface area contributed by atoms with Gasteiger partial charge in [-0.3, -0.25) is 4.90 Å². The lowest BCUT2D eigenvalue weighted by Crippen LogP contribution is -2.27. The summed E-state index contributed by atoms with van der Waals surface area (Å²) in [5.41, 5.74) is 0.809. The predicted octanol–water partition coefficient (Wildman–Crippen LogP) is 1.92. The fourth-order valence-corrected chi connectivity index (χ4v) is 1.83. The first-order chi connectivity index (χ1) is 7.25. The highest BCUT2D eigenvalue weighted by atomic mass is 16.6. The maximum atomic E-state index is 10.5. The van der Waals surface area contributed by atoms with Gasteiger partial charge in [-0.05, 0) is 36.9 Å². The number of nitro groups is 1. The summed E-state index contributed by atoms with van der Waals surface area (Å²) in [5, 5.41) is 10.5. The van der Waals surface area contributed by atoms with Gasteiger partial charge in [0.2, 0.25) is 0 Å². The molecule has 81 valence electrons. The fraction of sp³-hybridized carbons (Fsp3) is 0.500. The van der Waals surface area contributed by atoms with E-state index in [4.69, 9.17) is 0 Å². The summed E-state index contributed by atoms with van der Waals surface area (Å²) in [4.78, 5) is 15.0. The van der Waals surface area contributed by atoms with Gasteiger partial charge in [0.1, 0.15) is 5.69 Å². The van der Waals surface area contributed by atoms with Gasteiger partial charge >= 0.3 is 5.82 Å². The number of nitrogens with one attached hydrogen (secondary N) is 1. The van der Waals surface area contributed by atoms with Gasteiger partial charge in [0.15, 0.2) is 0 Å². The van der Waals surface area contributed by atoms with E-state index in [0.29, 0.717) is 0 Å². The van der Waals surface area contributed by atoms with Crippen LogP contribution in [0.4, 0.5) is 5.82 Å². The van der Waals surface area contributed by atoms with Crippen molar-refractivity contribution < 1.29 is 4.92 Å². The number of likely N-dealkylation sites (tertiary alicyclic amines) is 1. The second-order valence-corrected chi connectivity index (χ2v) is 3.78. The Hall–Kier alpha value is -1.36. The number of nitrogens with zero attached hydrogens (tertiary/aromatic N) is 2. The van der Waals surface area contributed by atoms with Gasteiger partial charge < -0.3 is 10.1 Å². The van der Waals surface area contributed by atoms with E-state index in [-0.39, 0.29) is 5.82 Å². The van der Waals surface area contributed by atoms with Gasteiger partial charge in [-0.2, -0.15) is 0 Å². The Morgan fingerprint density at radius 1 is 1.33 bits per heavy atom. The molecule has 2 rings (SSSR count). The maximum absolute atomic E-state index is 10.5. The van der Waals surface area contributed by atoms with Crippen molar-refractivity contribution >= 4 is 5.82 Å². The SMILES string of the molecule is O=[N+]([O-])c1ccc([CH]N2CCCCC2)[nH]1. The van der Waals surface area contributed by atoms with Crippen LogP contribution in [0.5, 0.6) is 0 Å². The van der Waals surface area contributed by atoms with Gasteiger partial charge in [-0.1, -0.05) is 6.42 Å². The molecule has 1 N–H and O–H groups in total. The van der Waals surface area contributed by atoms with E-state index in [2.05, 4.69) is 9.88 Å². The Morgan fingerprint density at radius 2 is 2.07 bits per heavy atom. The van der Waals surface area contributed by atoms with Crippen LogP contribution in [0.25, 0.3) is 0 Å². The number of hydrogen-bond acceptors (Lipinski definition) is 3. The molecule has 0 aromatic carbocycles. The third-order valence-electron chi connectivity index (χ3n) is 2.60. The van der Waals surface area contributed by atoms with E-state index < -0.39 is 4.92 Å². The summed E-state index contributed by atoms with van der Waals surface area (Å²) in [6.45, 7) is 4.06. The Kier molecular flexibility index (Phi) is 3.01. The molecule has 0 amide bonds.